The average molecular weight is 541 g/mol. The van der Waals surface area contributed by atoms with E-state index < -0.39 is 6.04 Å². The molecule has 39 heavy (non-hydrogen) atoms. The number of methoxy groups -OCH3 is 1. The van der Waals surface area contributed by atoms with E-state index >= 15 is 0 Å². The maximum absolute atomic E-state index is 13.8. The first kappa shape index (κ1) is 27.9. The Morgan fingerprint density at radius 3 is 1.97 bits per heavy atom. The van der Waals surface area contributed by atoms with Crippen LogP contribution in [0.4, 0.5) is 0 Å². The molecule has 4 aromatic rings. The molecule has 0 saturated carbocycles. The number of hydrogen-bond donors (Lipinski definition) is 1. The van der Waals surface area contributed by atoms with E-state index in [9.17, 15) is 9.59 Å². The van der Waals surface area contributed by atoms with Crippen molar-refractivity contribution in [2.24, 2.45) is 0 Å². The van der Waals surface area contributed by atoms with Crippen LogP contribution in [0.25, 0.3) is 0 Å². The molecule has 0 saturated heterocycles. The van der Waals surface area contributed by atoms with E-state index in [-0.39, 0.29) is 11.8 Å². The molecular weight excluding hydrogens is 508 g/mol. The van der Waals surface area contributed by atoms with Crippen molar-refractivity contribution < 1.29 is 14.3 Å². The molecule has 4 aromatic carbocycles. The van der Waals surface area contributed by atoms with Gasteiger partial charge in [-0.15, -0.1) is 0 Å². The van der Waals surface area contributed by atoms with Gasteiger partial charge in [0.1, 0.15) is 11.8 Å². The minimum absolute atomic E-state index is 0.0747. The number of hydrogen-bond acceptors (Lipinski definition) is 3. The summed E-state index contributed by atoms with van der Waals surface area (Å²) in [4.78, 5) is 29.2. The SMILES string of the molecule is COc1ccc(CNC(=O)C(Cc2ccccc2)N(Cc2ccc(Cl)cc2)C(=O)CCc2ccccc2)cc1. The van der Waals surface area contributed by atoms with Crippen LogP contribution >= 0.6 is 11.6 Å². The minimum atomic E-state index is -0.690. The lowest BCUT2D eigenvalue weighted by Crippen LogP contribution is -2.50. The summed E-state index contributed by atoms with van der Waals surface area (Å²) >= 11 is 6.11. The number of carbonyl (C=O) groups excluding carboxylic acids is 2. The normalized spacial score (nSPS) is 11.4. The highest BCUT2D eigenvalue weighted by Crippen LogP contribution is 2.19. The number of benzene rings is 4. The van der Waals surface area contributed by atoms with Crippen molar-refractivity contribution in [3.05, 3.63) is 136 Å². The fraction of sp³-hybridized carbons (Fsp3) is 0.212. The van der Waals surface area contributed by atoms with Gasteiger partial charge >= 0.3 is 0 Å². The molecular formula is C33H33ClN2O3. The Kier molecular flexibility index (Phi) is 10.1. The summed E-state index contributed by atoms with van der Waals surface area (Å²) in [5.74, 6) is 0.483. The predicted octanol–water partition coefficient (Wildman–Crippen LogP) is 6.24. The van der Waals surface area contributed by atoms with Crippen molar-refractivity contribution in [1.82, 2.24) is 10.2 Å². The standard InChI is InChI=1S/C33H33ClN2O3/c1-39-30-19-14-27(15-20-30)23-35-33(38)31(22-26-10-6-3-7-11-26)36(24-28-12-17-29(34)18-13-28)32(37)21-16-25-8-4-2-5-9-25/h2-15,17-20,31H,16,21-24H2,1H3,(H,35,38). The summed E-state index contributed by atoms with van der Waals surface area (Å²) in [6, 6.07) is 34.0. The second-order valence-electron chi connectivity index (χ2n) is 9.41. The smallest absolute Gasteiger partial charge is 0.243 e. The number of rotatable bonds is 12. The second-order valence-corrected chi connectivity index (χ2v) is 9.84. The Hall–Kier alpha value is -4.09. The van der Waals surface area contributed by atoms with E-state index in [4.69, 9.17) is 16.3 Å². The fourth-order valence-corrected chi connectivity index (χ4v) is 4.56. The maximum atomic E-state index is 13.8. The van der Waals surface area contributed by atoms with Crippen molar-refractivity contribution in [1.29, 1.82) is 0 Å². The van der Waals surface area contributed by atoms with Crippen LogP contribution in [0.15, 0.2) is 109 Å². The van der Waals surface area contributed by atoms with Crippen LogP contribution in [0.1, 0.15) is 28.7 Å². The molecule has 4 rings (SSSR count). The van der Waals surface area contributed by atoms with E-state index in [0.29, 0.717) is 37.4 Å². The number of nitrogens with one attached hydrogen (secondary N) is 1. The predicted molar refractivity (Wildman–Crippen MR) is 156 cm³/mol. The summed E-state index contributed by atoms with van der Waals surface area (Å²) in [6.07, 6.45) is 1.30. The lowest BCUT2D eigenvalue weighted by molar-refractivity contribution is -0.141. The molecule has 0 aromatic heterocycles. The molecule has 0 radical (unpaired) electrons. The number of ether oxygens (including phenoxy) is 1. The molecule has 1 N–H and O–H groups in total. The zero-order chi connectivity index (χ0) is 27.5. The average Bonchev–Trinajstić information content (AvgIpc) is 2.98. The van der Waals surface area contributed by atoms with E-state index in [2.05, 4.69) is 5.32 Å². The third-order valence-electron chi connectivity index (χ3n) is 6.63. The number of aryl methyl sites for hydroxylation is 1. The molecule has 2 amide bonds. The van der Waals surface area contributed by atoms with Crippen LogP contribution in [0.3, 0.4) is 0 Å². The van der Waals surface area contributed by atoms with Gasteiger partial charge in [-0.3, -0.25) is 9.59 Å². The summed E-state index contributed by atoms with van der Waals surface area (Å²) in [7, 11) is 1.62. The zero-order valence-corrected chi connectivity index (χ0v) is 22.8. The topological polar surface area (TPSA) is 58.6 Å². The largest absolute Gasteiger partial charge is 0.497 e. The first-order chi connectivity index (χ1) is 19.0. The Morgan fingerprint density at radius 1 is 0.769 bits per heavy atom. The van der Waals surface area contributed by atoms with Crippen LogP contribution in [0.2, 0.25) is 5.02 Å². The minimum Gasteiger partial charge on any atom is -0.497 e. The molecule has 6 heteroatoms. The van der Waals surface area contributed by atoms with Gasteiger partial charge in [-0.25, -0.2) is 0 Å². The van der Waals surface area contributed by atoms with Crippen molar-refractivity contribution >= 4 is 23.4 Å². The van der Waals surface area contributed by atoms with Crippen molar-refractivity contribution in [2.75, 3.05) is 7.11 Å². The molecule has 1 atom stereocenters. The van der Waals surface area contributed by atoms with Crippen molar-refractivity contribution in [3.63, 3.8) is 0 Å². The molecule has 0 fully saturated rings. The number of carbonyl (C=O) groups is 2. The van der Waals surface area contributed by atoms with E-state index in [1.807, 2.05) is 97.1 Å². The van der Waals surface area contributed by atoms with Crippen LogP contribution in [-0.2, 0) is 35.5 Å². The quantitative estimate of drug-likeness (QED) is 0.231. The summed E-state index contributed by atoms with van der Waals surface area (Å²) < 4.78 is 5.24. The first-order valence-corrected chi connectivity index (χ1v) is 13.4. The summed E-state index contributed by atoms with van der Waals surface area (Å²) in [5.41, 5.74) is 3.93. The van der Waals surface area contributed by atoms with Crippen molar-refractivity contribution in [3.8, 4) is 5.75 Å². The van der Waals surface area contributed by atoms with Gasteiger partial charge in [0.05, 0.1) is 7.11 Å². The third kappa shape index (κ3) is 8.45. The molecule has 0 bridgehead atoms. The van der Waals surface area contributed by atoms with E-state index in [1.54, 1.807) is 24.1 Å². The highest BCUT2D eigenvalue weighted by atomic mass is 35.5. The fourth-order valence-electron chi connectivity index (χ4n) is 4.43. The van der Waals surface area contributed by atoms with Crippen LogP contribution in [0.5, 0.6) is 5.75 Å². The molecule has 0 aliphatic rings. The van der Waals surface area contributed by atoms with Crippen LogP contribution in [0, 0.1) is 0 Å². The number of halogens is 1. The van der Waals surface area contributed by atoms with E-state index in [1.165, 1.54) is 0 Å². The monoisotopic (exact) mass is 540 g/mol. The Bertz CT molecular complexity index is 1330. The van der Waals surface area contributed by atoms with E-state index in [0.717, 1.165) is 28.0 Å². The Morgan fingerprint density at radius 2 is 1.36 bits per heavy atom. The highest BCUT2D eigenvalue weighted by molar-refractivity contribution is 6.30. The molecule has 0 aliphatic heterocycles. The summed E-state index contributed by atoms with van der Waals surface area (Å²) in [6.45, 7) is 0.652. The van der Waals surface area contributed by atoms with Crippen LogP contribution < -0.4 is 10.1 Å². The Labute approximate surface area is 235 Å². The lowest BCUT2D eigenvalue weighted by atomic mass is 10.0. The number of amides is 2. The van der Waals surface area contributed by atoms with Gasteiger partial charge in [0.15, 0.2) is 0 Å². The molecule has 200 valence electrons. The first-order valence-electron chi connectivity index (χ1n) is 13.0. The van der Waals surface area contributed by atoms with Gasteiger partial charge in [0, 0.05) is 31.0 Å². The van der Waals surface area contributed by atoms with Gasteiger partial charge in [-0.2, -0.15) is 0 Å². The summed E-state index contributed by atoms with van der Waals surface area (Å²) in [5, 5.41) is 3.69. The van der Waals surface area contributed by atoms with Gasteiger partial charge in [-0.1, -0.05) is 96.5 Å². The number of nitrogens with zero attached hydrogens (tertiary/aromatic N) is 1. The zero-order valence-electron chi connectivity index (χ0n) is 22.1. The molecule has 5 nitrogen and oxygen atoms in total. The maximum Gasteiger partial charge on any atom is 0.243 e. The molecule has 0 spiro atoms. The van der Waals surface area contributed by atoms with Gasteiger partial charge in [-0.05, 0) is 52.9 Å². The Balaban J connectivity index is 1.59. The van der Waals surface area contributed by atoms with Gasteiger partial charge < -0.3 is 15.0 Å². The lowest BCUT2D eigenvalue weighted by Gasteiger charge is -2.32. The van der Waals surface area contributed by atoms with Crippen molar-refractivity contribution in [2.45, 2.75) is 38.4 Å². The second kappa shape index (κ2) is 14.2. The highest BCUT2D eigenvalue weighted by Gasteiger charge is 2.30. The molecule has 1 unspecified atom stereocenters. The van der Waals surface area contributed by atoms with Crippen LogP contribution in [-0.4, -0.2) is 29.9 Å². The van der Waals surface area contributed by atoms with Gasteiger partial charge in [0.25, 0.3) is 0 Å². The van der Waals surface area contributed by atoms with Gasteiger partial charge in [0.2, 0.25) is 11.8 Å². The molecule has 0 aliphatic carbocycles. The molecule has 0 heterocycles. The third-order valence-corrected chi connectivity index (χ3v) is 6.89.